The molecular formula is C8H11NO3. The van der Waals surface area contributed by atoms with Crippen LogP contribution in [0, 0.1) is 13.8 Å². The van der Waals surface area contributed by atoms with Crippen molar-refractivity contribution >= 4 is 5.97 Å². The first-order chi connectivity index (χ1) is 5.52. The summed E-state index contributed by atoms with van der Waals surface area (Å²) in [6, 6.07) is 0.589. The summed E-state index contributed by atoms with van der Waals surface area (Å²) >= 11 is 0. The Morgan fingerprint density at radius 3 is 2.58 bits per heavy atom. The summed E-state index contributed by atoms with van der Waals surface area (Å²) in [4.78, 5) is 10.4. The lowest BCUT2D eigenvalue weighted by molar-refractivity contribution is -0.139. The van der Waals surface area contributed by atoms with Crippen LogP contribution in [0.4, 0.5) is 0 Å². The van der Waals surface area contributed by atoms with Gasteiger partial charge in [-0.05, 0) is 25.5 Å². The standard InChI is InChI=1S/C8H11NO3/c1-4-3-6(12-5(4)2)7(9)8(10)11/h3,7H,9H2,1-2H3,(H,10,11). The fraction of sp³-hybridized carbons (Fsp3) is 0.375. The molecule has 0 spiro atoms. The number of carbonyl (C=O) groups is 1. The molecule has 12 heavy (non-hydrogen) atoms. The summed E-state index contributed by atoms with van der Waals surface area (Å²) in [5.41, 5.74) is 6.24. The summed E-state index contributed by atoms with van der Waals surface area (Å²) in [5.74, 6) is -0.0667. The van der Waals surface area contributed by atoms with E-state index in [4.69, 9.17) is 15.3 Å². The minimum Gasteiger partial charge on any atom is -0.480 e. The van der Waals surface area contributed by atoms with E-state index in [9.17, 15) is 4.79 Å². The van der Waals surface area contributed by atoms with Crippen molar-refractivity contribution in [1.29, 1.82) is 0 Å². The summed E-state index contributed by atoms with van der Waals surface area (Å²) < 4.78 is 5.13. The fourth-order valence-electron chi connectivity index (χ4n) is 0.877. The smallest absolute Gasteiger partial charge is 0.328 e. The van der Waals surface area contributed by atoms with Crippen molar-refractivity contribution in [2.45, 2.75) is 19.9 Å². The van der Waals surface area contributed by atoms with E-state index < -0.39 is 12.0 Å². The number of hydrogen-bond acceptors (Lipinski definition) is 3. The summed E-state index contributed by atoms with van der Waals surface area (Å²) in [5, 5.41) is 8.55. The number of carboxylic acids is 1. The Bertz CT molecular complexity index is 284. The second-order valence-corrected chi connectivity index (χ2v) is 2.70. The third-order valence-electron chi connectivity index (χ3n) is 1.76. The highest BCUT2D eigenvalue weighted by Gasteiger charge is 2.18. The molecule has 4 nitrogen and oxygen atoms in total. The number of aliphatic carboxylic acids is 1. The van der Waals surface area contributed by atoms with Gasteiger partial charge in [0.15, 0.2) is 6.04 Å². The highest BCUT2D eigenvalue weighted by atomic mass is 16.4. The van der Waals surface area contributed by atoms with Crippen LogP contribution < -0.4 is 5.73 Å². The van der Waals surface area contributed by atoms with E-state index >= 15 is 0 Å². The molecule has 0 saturated carbocycles. The van der Waals surface area contributed by atoms with Gasteiger partial charge in [0.1, 0.15) is 11.5 Å². The largest absolute Gasteiger partial charge is 0.480 e. The Morgan fingerprint density at radius 1 is 1.67 bits per heavy atom. The van der Waals surface area contributed by atoms with Crippen molar-refractivity contribution in [1.82, 2.24) is 0 Å². The molecular weight excluding hydrogens is 158 g/mol. The van der Waals surface area contributed by atoms with Crippen LogP contribution >= 0.6 is 0 Å². The van der Waals surface area contributed by atoms with Gasteiger partial charge in [-0.1, -0.05) is 0 Å². The zero-order chi connectivity index (χ0) is 9.30. The van der Waals surface area contributed by atoms with Gasteiger partial charge in [0.25, 0.3) is 0 Å². The van der Waals surface area contributed by atoms with Crippen LogP contribution in [0.15, 0.2) is 10.5 Å². The molecule has 1 rings (SSSR count). The van der Waals surface area contributed by atoms with E-state index in [2.05, 4.69) is 0 Å². The zero-order valence-electron chi connectivity index (χ0n) is 7.00. The first-order valence-corrected chi connectivity index (χ1v) is 3.57. The molecule has 1 atom stereocenters. The number of aryl methyl sites for hydroxylation is 2. The Hall–Kier alpha value is -1.29. The van der Waals surface area contributed by atoms with Gasteiger partial charge >= 0.3 is 5.97 Å². The summed E-state index contributed by atoms with van der Waals surface area (Å²) in [7, 11) is 0. The van der Waals surface area contributed by atoms with Gasteiger partial charge in [-0.2, -0.15) is 0 Å². The lowest BCUT2D eigenvalue weighted by Gasteiger charge is -2.00. The van der Waals surface area contributed by atoms with Gasteiger partial charge in [-0.25, -0.2) is 0 Å². The van der Waals surface area contributed by atoms with Crippen molar-refractivity contribution in [2.75, 3.05) is 0 Å². The van der Waals surface area contributed by atoms with Gasteiger partial charge in [-0.15, -0.1) is 0 Å². The Morgan fingerprint density at radius 2 is 2.25 bits per heavy atom. The van der Waals surface area contributed by atoms with Crippen molar-refractivity contribution in [3.05, 3.63) is 23.2 Å². The molecule has 1 aromatic rings. The molecule has 0 radical (unpaired) electrons. The van der Waals surface area contributed by atoms with Gasteiger partial charge in [0.05, 0.1) is 0 Å². The minimum atomic E-state index is -1.08. The summed E-state index contributed by atoms with van der Waals surface area (Å²) in [6.45, 7) is 3.62. The van der Waals surface area contributed by atoms with Crippen LogP contribution in [0.25, 0.3) is 0 Å². The molecule has 0 aliphatic rings. The molecule has 0 saturated heterocycles. The minimum absolute atomic E-state index is 0.303. The highest BCUT2D eigenvalue weighted by molar-refractivity contribution is 5.74. The highest BCUT2D eigenvalue weighted by Crippen LogP contribution is 2.18. The summed E-state index contributed by atoms with van der Waals surface area (Å²) in [6.07, 6.45) is 0. The van der Waals surface area contributed by atoms with Gasteiger partial charge in [0, 0.05) is 0 Å². The maximum Gasteiger partial charge on any atom is 0.328 e. The lowest BCUT2D eigenvalue weighted by Crippen LogP contribution is -2.19. The van der Waals surface area contributed by atoms with Crippen LogP contribution in [-0.2, 0) is 4.79 Å². The van der Waals surface area contributed by atoms with Gasteiger partial charge < -0.3 is 15.3 Å². The third-order valence-corrected chi connectivity index (χ3v) is 1.76. The number of rotatable bonds is 2. The molecule has 0 bridgehead atoms. The van der Waals surface area contributed by atoms with Crippen molar-refractivity contribution in [3.63, 3.8) is 0 Å². The molecule has 1 unspecified atom stereocenters. The van der Waals surface area contributed by atoms with Crippen LogP contribution in [0.3, 0.4) is 0 Å². The topological polar surface area (TPSA) is 76.5 Å². The quantitative estimate of drug-likeness (QED) is 0.691. The van der Waals surface area contributed by atoms with Crippen molar-refractivity contribution < 1.29 is 14.3 Å². The SMILES string of the molecule is Cc1cc(C(N)C(=O)O)oc1C. The molecule has 1 heterocycles. The van der Waals surface area contributed by atoms with Crippen LogP contribution in [-0.4, -0.2) is 11.1 Å². The normalized spacial score (nSPS) is 12.9. The van der Waals surface area contributed by atoms with E-state index in [1.165, 1.54) is 0 Å². The predicted octanol–water partition coefficient (Wildman–Crippen LogP) is 0.981. The lowest BCUT2D eigenvalue weighted by atomic mass is 10.2. The molecule has 66 valence electrons. The zero-order valence-corrected chi connectivity index (χ0v) is 7.00. The third kappa shape index (κ3) is 1.48. The van der Waals surface area contributed by atoms with Crippen LogP contribution in [0.5, 0.6) is 0 Å². The van der Waals surface area contributed by atoms with E-state index in [0.29, 0.717) is 11.5 Å². The molecule has 0 aliphatic heterocycles. The number of carboxylic acid groups (broad SMARTS) is 1. The van der Waals surface area contributed by atoms with E-state index in [0.717, 1.165) is 5.56 Å². The Balaban J connectivity index is 2.96. The Labute approximate surface area is 70.0 Å². The fourth-order valence-corrected chi connectivity index (χ4v) is 0.877. The Kier molecular flexibility index (Phi) is 2.19. The van der Waals surface area contributed by atoms with Crippen molar-refractivity contribution in [2.24, 2.45) is 5.73 Å². The first-order valence-electron chi connectivity index (χ1n) is 3.57. The van der Waals surface area contributed by atoms with E-state index in [1.54, 1.807) is 13.0 Å². The first kappa shape index (κ1) is 8.80. The average molecular weight is 169 g/mol. The second kappa shape index (κ2) is 2.98. The predicted molar refractivity (Wildman–Crippen MR) is 42.7 cm³/mol. The number of furan rings is 1. The monoisotopic (exact) mass is 169 g/mol. The number of nitrogens with two attached hydrogens (primary N) is 1. The van der Waals surface area contributed by atoms with E-state index in [-0.39, 0.29) is 0 Å². The van der Waals surface area contributed by atoms with Crippen LogP contribution in [0.1, 0.15) is 23.1 Å². The molecule has 4 heteroatoms. The van der Waals surface area contributed by atoms with Gasteiger partial charge in [0.2, 0.25) is 0 Å². The van der Waals surface area contributed by atoms with Crippen LogP contribution in [0.2, 0.25) is 0 Å². The molecule has 0 aliphatic carbocycles. The number of hydrogen-bond donors (Lipinski definition) is 2. The molecule has 1 aromatic heterocycles. The molecule has 3 N–H and O–H groups in total. The maximum absolute atomic E-state index is 10.4. The average Bonchev–Trinajstić information content (AvgIpc) is 2.30. The molecule has 0 aromatic carbocycles. The molecule has 0 fully saturated rings. The second-order valence-electron chi connectivity index (χ2n) is 2.70. The molecule has 0 amide bonds. The van der Waals surface area contributed by atoms with E-state index in [1.807, 2.05) is 6.92 Å². The van der Waals surface area contributed by atoms with Gasteiger partial charge in [-0.3, -0.25) is 4.79 Å². The van der Waals surface area contributed by atoms with Crippen molar-refractivity contribution in [3.8, 4) is 0 Å². The maximum atomic E-state index is 10.4.